The van der Waals surface area contributed by atoms with Gasteiger partial charge in [-0.15, -0.1) is 11.3 Å². The molecule has 0 aliphatic heterocycles. The van der Waals surface area contributed by atoms with Crippen molar-refractivity contribution < 1.29 is 0 Å². The summed E-state index contributed by atoms with van der Waals surface area (Å²) in [6, 6.07) is 11.5. The summed E-state index contributed by atoms with van der Waals surface area (Å²) in [6.07, 6.45) is 0. The zero-order valence-electron chi connectivity index (χ0n) is 11.2. The first-order valence-corrected chi connectivity index (χ1v) is 8.11. The molecule has 2 heterocycles. The van der Waals surface area contributed by atoms with Crippen molar-refractivity contribution in [2.45, 2.75) is 10.9 Å². The molecule has 0 unspecified atom stereocenters. The molecule has 6 heteroatoms. The molecular weight excluding hydrogens is 302 g/mol. The highest BCUT2D eigenvalue weighted by Crippen LogP contribution is 2.23. The van der Waals surface area contributed by atoms with Crippen LogP contribution < -0.4 is 5.56 Å². The van der Waals surface area contributed by atoms with Gasteiger partial charge in [-0.05, 0) is 29.1 Å². The highest BCUT2D eigenvalue weighted by molar-refractivity contribution is 7.98. The number of nitriles is 1. The molecular formula is C15H11N3OS2. The van der Waals surface area contributed by atoms with Gasteiger partial charge in [0.05, 0.1) is 17.1 Å². The zero-order chi connectivity index (χ0) is 14.8. The Morgan fingerprint density at radius 1 is 1.43 bits per heavy atom. The second-order valence-electron chi connectivity index (χ2n) is 4.49. The molecule has 0 N–H and O–H groups in total. The molecule has 0 spiro atoms. The third kappa shape index (κ3) is 2.71. The minimum Gasteiger partial charge on any atom is -0.290 e. The van der Waals surface area contributed by atoms with Crippen molar-refractivity contribution in [1.82, 2.24) is 9.55 Å². The monoisotopic (exact) mass is 313 g/mol. The predicted molar refractivity (Wildman–Crippen MR) is 85.6 cm³/mol. The maximum Gasteiger partial charge on any atom is 0.271 e. The molecule has 0 radical (unpaired) electrons. The zero-order valence-corrected chi connectivity index (χ0v) is 12.9. The molecule has 1 aromatic carbocycles. The maximum absolute atomic E-state index is 12.2. The minimum atomic E-state index is -0.0109. The normalized spacial score (nSPS) is 10.7. The number of hydrogen-bond donors (Lipinski definition) is 0. The van der Waals surface area contributed by atoms with Crippen LogP contribution in [0.25, 0.3) is 10.2 Å². The average molecular weight is 313 g/mol. The number of thiophene rings is 1. The second kappa shape index (κ2) is 5.72. The summed E-state index contributed by atoms with van der Waals surface area (Å²) in [4.78, 5) is 16.7. The molecule has 0 aliphatic rings. The minimum absolute atomic E-state index is 0.0109. The fourth-order valence-electron chi connectivity index (χ4n) is 1.98. The standard InChI is InChI=1S/C15H11N3OS2/c1-18-14(19)13-12(5-6-20-13)17-15(18)21-9-11-4-2-3-10(7-11)8-16/h2-7H,9H2,1H3. The third-order valence-corrected chi connectivity index (χ3v) is 5.06. The lowest BCUT2D eigenvalue weighted by atomic mass is 10.2. The third-order valence-electron chi connectivity index (χ3n) is 3.07. The Hall–Kier alpha value is -2.10. The van der Waals surface area contributed by atoms with E-state index in [-0.39, 0.29) is 5.56 Å². The highest BCUT2D eigenvalue weighted by atomic mass is 32.2. The lowest BCUT2D eigenvalue weighted by molar-refractivity contribution is 0.728. The van der Waals surface area contributed by atoms with Gasteiger partial charge in [0.25, 0.3) is 5.56 Å². The van der Waals surface area contributed by atoms with Gasteiger partial charge < -0.3 is 0 Å². The van der Waals surface area contributed by atoms with Crippen molar-refractivity contribution in [3.63, 3.8) is 0 Å². The number of aromatic nitrogens is 2. The van der Waals surface area contributed by atoms with E-state index >= 15 is 0 Å². The molecule has 104 valence electrons. The topological polar surface area (TPSA) is 58.7 Å². The Balaban J connectivity index is 1.90. The molecule has 4 nitrogen and oxygen atoms in total. The number of hydrogen-bond acceptors (Lipinski definition) is 5. The van der Waals surface area contributed by atoms with Crippen LogP contribution in [0.5, 0.6) is 0 Å². The molecule has 0 bridgehead atoms. The van der Waals surface area contributed by atoms with Crippen molar-refractivity contribution in [1.29, 1.82) is 5.26 Å². The van der Waals surface area contributed by atoms with Crippen LogP contribution >= 0.6 is 23.1 Å². The fraction of sp³-hybridized carbons (Fsp3) is 0.133. The first kappa shape index (κ1) is 13.9. The van der Waals surface area contributed by atoms with E-state index in [0.717, 1.165) is 11.1 Å². The number of benzene rings is 1. The summed E-state index contributed by atoms with van der Waals surface area (Å²) in [7, 11) is 1.74. The average Bonchev–Trinajstić information content (AvgIpc) is 2.98. The summed E-state index contributed by atoms with van der Waals surface area (Å²) in [5, 5.41) is 11.5. The van der Waals surface area contributed by atoms with Gasteiger partial charge in [0, 0.05) is 12.8 Å². The van der Waals surface area contributed by atoms with E-state index in [1.54, 1.807) is 17.7 Å². The van der Waals surface area contributed by atoms with Crippen LogP contribution in [0, 0.1) is 11.3 Å². The summed E-state index contributed by atoms with van der Waals surface area (Å²) < 4.78 is 2.27. The SMILES string of the molecule is Cn1c(SCc2cccc(C#N)c2)nc2ccsc2c1=O. The summed E-state index contributed by atoms with van der Waals surface area (Å²) >= 11 is 2.91. The van der Waals surface area contributed by atoms with Crippen LogP contribution in [0.3, 0.4) is 0 Å². The largest absolute Gasteiger partial charge is 0.290 e. The molecule has 21 heavy (non-hydrogen) atoms. The summed E-state index contributed by atoms with van der Waals surface area (Å²) in [5.41, 5.74) is 2.42. The lowest BCUT2D eigenvalue weighted by Crippen LogP contribution is -2.18. The molecule has 0 aliphatic carbocycles. The van der Waals surface area contributed by atoms with Gasteiger partial charge in [-0.1, -0.05) is 23.9 Å². The van der Waals surface area contributed by atoms with E-state index in [1.807, 2.05) is 29.6 Å². The van der Waals surface area contributed by atoms with E-state index in [9.17, 15) is 4.79 Å². The van der Waals surface area contributed by atoms with Crippen LogP contribution in [0.1, 0.15) is 11.1 Å². The van der Waals surface area contributed by atoms with Gasteiger partial charge in [0.1, 0.15) is 4.70 Å². The van der Waals surface area contributed by atoms with E-state index < -0.39 is 0 Å². The fourth-order valence-corrected chi connectivity index (χ4v) is 3.70. The maximum atomic E-state index is 12.2. The molecule has 2 aromatic heterocycles. The van der Waals surface area contributed by atoms with E-state index in [4.69, 9.17) is 5.26 Å². The van der Waals surface area contributed by atoms with Crippen LogP contribution in [-0.4, -0.2) is 9.55 Å². The molecule has 3 aromatic rings. The van der Waals surface area contributed by atoms with Gasteiger partial charge in [-0.25, -0.2) is 4.98 Å². The van der Waals surface area contributed by atoms with Crippen LogP contribution in [0.15, 0.2) is 45.7 Å². The van der Waals surface area contributed by atoms with Crippen LogP contribution in [0.4, 0.5) is 0 Å². The van der Waals surface area contributed by atoms with Crippen molar-refractivity contribution in [3.05, 3.63) is 57.2 Å². The van der Waals surface area contributed by atoms with E-state index in [2.05, 4.69) is 11.1 Å². The van der Waals surface area contributed by atoms with Gasteiger partial charge in [-0.2, -0.15) is 5.26 Å². The number of thioether (sulfide) groups is 1. The Labute approximate surface area is 129 Å². The Bertz CT molecular complexity index is 905. The number of fused-ring (bicyclic) bond motifs is 1. The number of rotatable bonds is 3. The smallest absolute Gasteiger partial charge is 0.271 e. The van der Waals surface area contributed by atoms with Crippen molar-refractivity contribution in [3.8, 4) is 6.07 Å². The van der Waals surface area contributed by atoms with Gasteiger partial charge in [0.2, 0.25) is 0 Å². The first-order valence-electron chi connectivity index (χ1n) is 6.25. The molecule has 0 saturated heterocycles. The van der Waals surface area contributed by atoms with Crippen molar-refractivity contribution >= 4 is 33.3 Å². The van der Waals surface area contributed by atoms with Crippen molar-refractivity contribution in [2.75, 3.05) is 0 Å². The molecule has 3 rings (SSSR count). The summed E-state index contributed by atoms with van der Waals surface area (Å²) in [6.45, 7) is 0. The van der Waals surface area contributed by atoms with Crippen LogP contribution in [-0.2, 0) is 12.8 Å². The molecule has 0 amide bonds. The van der Waals surface area contributed by atoms with E-state index in [0.29, 0.717) is 21.2 Å². The Morgan fingerprint density at radius 3 is 3.10 bits per heavy atom. The number of nitrogens with zero attached hydrogens (tertiary/aromatic N) is 3. The molecule has 0 fully saturated rings. The second-order valence-corrected chi connectivity index (χ2v) is 6.35. The van der Waals surface area contributed by atoms with Crippen LogP contribution in [0.2, 0.25) is 0 Å². The Morgan fingerprint density at radius 2 is 2.29 bits per heavy atom. The highest BCUT2D eigenvalue weighted by Gasteiger charge is 2.09. The Kier molecular flexibility index (Phi) is 3.78. The molecule has 0 atom stereocenters. The summed E-state index contributed by atoms with van der Waals surface area (Å²) in [5.74, 6) is 0.672. The van der Waals surface area contributed by atoms with Gasteiger partial charge in [-0.3, -0.25) is 9.36 Å². The van der Waals surface area contributed by atoms with Gasteiger partial charge >= 0.3 is 0 Å². The van der Waals surface area contributed by atoms with Crippen molar-refractivity contribution in [2.24, 2.45) is 7.05 Å². The molecule has 0 saturated carbocycles. The van der Waals surface area contributed by atoms with E-state index in [1.165, 1.54) is 23.1 Å². The first-order chi connectivity index (χ1) is 10.2. The quantitative estimate of drug-likeness (QED) is 0.550. The van der Waals surface area contributed by atoms with Gasteiger partial charge in [0.15, 0.2) is 5.16 Å². The lowest BCUT2D eigenvalue weighted by Gasteiger charge is -2.07. The predicted octanol–water partition coefficient (Wildman–Crippen LogP) is 3.16.